The van der Waals surface area contributed by atoms with Crippen molar-refractivity contribution < 1.29 is 38.5 Å². The molecule has 33 heavy (non-hydrogen) atoms. The van der Waals surface area contributed by atoms with E-state index in [1.54, 1.807) is 30.3 Å². The van der Waals surface area contributed by atoms with Gasteiger partial charge in [0.2, 0.25) is 0 Å². The summed E-state index contributed by atoms with van der Waals surface area (Å²) in [5, 5.41) is 22.7. The molecule has 14 heteroatoms. The first kappa shape index (κ1) is 25.0. The monoisotopic (exact) mass is 485 g/mol. The highest BCUT2D eigenvalue weighted by atomic mass is 31.2. The zero-order chi connectivity index (χ0) is 24.2. The van der Waals surface area contributed by atoms with Crippen LogP contribution in [-0.4, -0.2) is 68.7 Å². The summed E-state index contributed by atoms with van der Waals surface area (Å²) >= 11 is 0. The van der Waals surface area contributed by atoms with Crippen LogP contribution < -0.4 is 16.3 Å². The Hall–Kier alpha value is -2.64. The van der Waals surface area contributed by atoms with Crippen molar-refractivity contribution in [2.45, 2.75) is 37.0 Å². The van der Waals surface area contributed by atoms with Gasteiger partial charge in [0.25, 0.3) is 5.56 Å². The lowest BCUT2D eigenvalue weighted by Gasteiger charge is -2.22. The number of aromatic nitrogens is 2. The molecule has 1 unspecified atom stereocenters. The summed E-state index contributed by atoms with van der Waals surface area (Å²) in [6.45, 7) is -0.660. The van der Waals surface area contributed by atoms with Crippen molar-refractivity contribution >= 4 is 13.7 Å². The van der Waals surface area contributed by atoms with Crippen LogP contribution in [0.2, 0.25) is 0 Å². The van der Waals surface area contributed by atoms with Crippen molar-refractivity contribution in [3.63, 3.8) is 0 Å². The Balaban J connectivity index is 1.65. The van der Waals surface area contributed by atoms with Gasteiger partial charge in [0, 0.05) is 12.3 Å². The summed E-state index contributed by atoms with van der Waals surface area (Å²) in [7, 11) is -3.47. The van der Waals surface area contributed by atoms with Gasteiger partial charge in [-0.05, 0) is 12.0 Å². The third-order valence-electron chi connectivity index (χ3n) is 4.96. The topological polar surface area (TPSA) is 189 Å². The van der Waals surface area contributed by atoms with E-state index < -0.39 is 62.2 Å². The van der Waals surface area contributed by atoms with Crippen LogP contribution in [0.15, 0.2) is 52.2 Å². The lowest BCUT2D eigenvalue weighted by molar-refractivity contribution is -0.142. The number of methoxy groups -OCH3 is 1. The van der Waals surface area contributed by atoms with Gasteiger partial charge in [-0.2, -0.15) is 0 Å². The molecule has 1 aliphatic rings. The average molecular weight is 485 g/mol. The fourth-order valence-electron chi connectivity index (χ4n) is 3.31. The number of aromatic amines is 1. The molecule has 0 aliphatic carbocycles. The van der Waals surface area contributed by atoms with Crippen LogP contribution >= 0.6 is 7.75 Å². The minimum absolute atomic E-state index is 0.0416. The molecule has 5 N–H and O–H groups in total. The van der Waals surface area contributed by atoms with Gasteiger partial charge in [-0.25, -0.2) is 14.4 Å². The van der Waals surface area contributed by atoms with E-state index in [-0.39, 0.29) is 6.42 Å². The fourth-order valence-corrected chi connectivity index (χ4v) is 4.32. The highest BCUT2D eigenvalue weighted by Gasteiger charge is 2.45. The van der Waals surface area contributed by atoms with Gasteiger partial charge in [-0.1, -0.05) is 30.3 Å². The summed E-state index contributed by atoms with van der Waals surface area (Å²) in [6.07, 6.45) is -4.71. The number of hydrogen-bond acceptors (Lipinski definition) is 9. The van der Waals surface area contributed by atoms with Crippen LogP contribution in [0.1, 0.15) is 11.8 Å². The van der Waals surface area contributed by atoms with Crippen molar-refractivity contribution in [1.82, 2.24) is 14.6 Å². The fraction of sp³-hybridized carbons (Fsp3) is 0.421. The van der Waals surface area contributed by atoms with E-state index in [0.717, 1.165) is 23.9 Å². The number of rotatable bonds is 9. The number of nitrogens with zero attached hydrogens (tertiary/aromatic N) is 1. The first-order valence-corrected chi connectivity index (χ1v) is 11.4. The SMILES string of the molecule is COC(=O)[C@H](Cc1ccccc1)NP(=O)(O)OC[C@H]1O[C@@H](n2ccc(=O)[nH]c2=O)[C@H](O)[C@@H]1O. The molecule has 13 nitrogen and oxygen atoms in total. The lowest BCUT2D eigenvalue weighted by Crippen LogP contribution is -2.39. The zero-order valence-corrected chi connectivity index (χ0v) is 18.3. The zero-order valence-electron chi connectivity index (χ0n) is 17.4. The van der Waals surface area contributed by atoms with Crippen LogP contribution in [0.25, 0.3) is 0 Å². The maximum Gasteiger partial charge on any atom is 0.403 e. The molecule has 2 heterocycles. The summed E-state index contributed by atoms with van der Waals surface area (Å²) < 4.78 is 28.5. The number of benzene rings is 1. The molecule has 0 spiro atoms. The Morgan fingerprint density at radius 2 is 1.94 bits per heavy atom. The van der Waals surface area contributed by atoms with Crippen LogP contribution in [0.5, 0.6) is 0 Å². The van der Waals surface area contributed by atoms with Gasteiger partial charge in [-0.15, -0.1) is 0 Å². The van der Waals surface area contributed by atoms with Crippen molar-refractivity contribution in [2.24, 2.45) is 0 Å². The Morgan fingerprint density at radius 3 is 2.58 bits per heavy atom. The molecule has 0 amide bonds. The Kier molecular flexibility index (Phi) is 7.97. The molecule has 3 rings (SSSR count). The third-order valence-corrected chi connectivity index (χ3v) is 6.10. The number of aliphatic hydroxyl groups is 2. The maximum absolute atomic E-state index is 12.5. The predicted molar refractivity (Wildman–Crippen MR) is 112 cm³/mol. The second kappa shape index (κ2) is 10.5. The summed E-state index contributed by atoms with van der Waals surface area (Å²) in [5.74, 6) is -0.790. The number of hydrogen-bond donors (Lipinski definition) is 5. The number of carbonyl (C=O) groups excluding carboxylic acids is 1. The smallest absolute Gasteiger partial charge is 0.403 e. The number of H-pyrrole nitrogens is 1. The second-order valence-corrected chi connectivity index (χ2v) is 8.83. The Morgan fingerprint density at radius 1 is 1.24 bits per heavy atom. The number of carbonyl (C=O) groups is 1. The maximum atomic E-state index is 12.5. The van der Waals surface area contributed by atoms with Gasteiger partial charge < -0.3 is 24.6 Å². The van der Waals surface area contributed by atoms with Gasteiger partial charge in [0.1, 0.15) is 24.4 Å². The van der Waals surface area contributed by atoms with Crippen LogP contribution in [-0.2, 0) is 29.8 Å². The summed E-state index contributed by atoms with van der Waals surface area (Å²) in [5.41, 5.74) is -0.837. The van der Waals surface area contributed by atoms with Crippen LogP contribution in [0, 0.1) is 0 Å². The number of aliphatic hydroxyl groups excluding tert-OH is 2. The molecule has 1 saturated heterocycles. The molecule has 0 radical (unpaired) electrons. The molecule has 6 atom stereocenters. The molecule has 1 aromatic carbocycles. The Labute approximate surface area is 187 Å². The highest BCUT2D eigenvalue weighted by Crippen LogP contribution is 2.40. The van der Waals surface area contributed by atoms with Crippen LogP contribution in [0.3, 0.4) is 0 Å². The minimum atomic E-state index is -4.60. The minimum Gasteiger partial charge on any atom is -0.468 e. The van der Waals surface area contributed by atoms with Crippen molar-refractivity contribution in [1.29, 1.82) is 0 Å². The second-order valence-electron chi connectivity index (χ2n) is 7.27. The highest BCUT2D eigenvalue weighted by molar-refractivity contribution is 7.50. The number of ether oxygens (including phenoxy) is 2. The quantitative estimate of drug-likeness (QED) is 0.208. The summed E-state index contributed by atoms with van der Waals surface area (Å²) in [4.78, 5) is 47.4. The lowest BCUT2D eigenvalue weighted by atomic mass is 10.1. The largest absolute Gasteiger partial charge is 0.468 e. The van der Waals surface area contributed by atoms with E-state index in [2.05, 4.69) is 9.82 Å². The molecular weight excluding hydrogens is 461 g/mol. The van der Waals surface area contributed by atoms with Gasteiger partial charge >= 0.3 is 19.4 Å². The van der Waals surface area contributed by atoms with E-state index in [4.69, 9.17) is 9.26 Å². The Bertz CT molecular complexity index is 1120. The van der Waals surface area contributed by atoms with Crippen molar-refractivity contribution in [3.8, 4) is 0 Å². The van der Waals surface area contributed by atoms with E-state index in [0.29, 0.717) is 5.56 Å². The molecule has 0 saturated carbocycles. The van der Waals surface area contributed by atoms with E-state index in [1.165, 1.54) is 0 Å². The molecule has 1 fully saturated rings. The molecule has 0 bridgehead atoms. The van der Waals surface area contributed by atoms with Crippen molar-refractivity contribution in [2.75, 3.05) is 13.7 Å². The molecule has 180 valence electrons. The number of nitrogens with one attached hydrogen (secondary N) is 2. The van der Waals surface area contributed by atoms with Crippen molar-refractivity contribution in [3.05, 3.63) is 69.0 Å². The standard InChI is InChI=1S/C19H24N3O10P/c1-30-18(26)12(9-11-5-3-2-4-6-11)21-33(28,29)31-10-13-15(24)16(25)17(32-13)22-8-7-14(23)20-19(22)27/h2-8,12-13,15-17,24-25H,9-10H2,1H3,(H,20,23,27)(H2,21,28,29)/t12-,13+,15+,16+,17+/m0/s1. The number of esters is 1. The third kappa shape index (κ3) is 6.24. The van der Waals surface area contributed by atoms with E-state index in [9.17, 15) is 34.1 Å². The van der Waals surface area contributed by atoms with Gasteiger partial charge in [0.05, 0.1) is 13.7 Å². The molecular formula is C19H24N3O10P. The molecule has 1 aromatic heterocycles. The molecule has 1 aliphatic heterocycles. The van der Waals surface area contributed by atoms with E-state index >= 15 is 0 Å². The first-order chi connectivity index (χ1) is 15.6. The van der Waals surface area contributed by atoms with E-state index in [1.807, 2.05) is 4.98 Å². The van der Waals surface area contributed by atoms with Gasteiger partial charge in [0.15, 0.2) is 6.23 Å². The first-order valence-electron chi connectivity index (χ1n) is 9.81. The molecule has 2 aromatic rings. The van der Waals surface area contributed by atoms with Gasteiger partial charge in [-0.3, -0.25) is 23.7 Å². The van der Waals surface area contributed by atoms with Crippen LogP contribution in [0.4, 0.5) is 0 Å². The normalized spacial score (nSPS) is 25.3. The predicted octanol–water partition coefficient (Wildman–Crippen LogP) is -1.35. The average Bonchev–Trinajstić information content (AvgIpc) is 3.06. The summed E-state index contributed by atoms with van der Waals surface area (Å²) in [6, 6.07) is 8.53.